The second-order valence-corrected chi connectivity index (χ2v) is 5.41. The highest BCUT2D eigenvalue weighted by Crippen LogP contribution is 2.25. The lowest BCUT2D eigenvalue weighted by atomic mass is 9.96. The van der Waals surface area contributed by atoms with Gasteiger partial charge >= 0.3 is 6.03 Å². The van der Waals surface area contributed by atoms with Crippen LogP contribution >= 0.6 is 0 Å². The second kappa shape index (κ2) is 6.55. The number of hydrogen-bond donors (Lipinski definition) is 2. The van der Waals surface area contributed by atoms with Crippen molar-refractivity contribution >= 4 is 11.7 Å². The lowest BCUT2D eigenvalue weighted by molar-refractivity contribution is 0.193. The van der Waals surface area contributed by atoms with E-state index in [9.17, 15) is 4.79 Å². The lowest BCUT2D eigenvalue weighted by Crippen LogP contribution is -2.40. The Morgan fingerprint density at radius 2 is 2.05 bits per heavy atom. The van der Waals surface area contributed by atoms with Crippen molar-refractivity contribution in [2.24, 2.45) is 0 Å². The zero-order chi connectivity index (χ0) is 15.4. The van der Waals surface area contributed by atoms with Crippen molar-refractivity contribution < 1.29 is 4.79 Å². The molecule has 0 atom stereocenters. The standard InChI is InChI=1S/C15H20N6O/c1-2-13-18-9-12(10-19-13)20-15(22)21-7-3-11(4-8-21)14-16-5-6-17-14/h5-6,9-11H,2-4,7-8H2,1H3,(H,16,17)(H,20,22). The Labute approximate surface area is 129 Å². The number of hydrogen-bond acceptors (Lipinski definition) is 4. The van der Waals surface area contributed by atoms with Crippen molar-refractivity contribution in [1.82, 2.24) is 24.8 Å². The van der Waals surface area contributed by atoms with Gasteiger partial charge < -0.3 is 15.2 Å². The Morgan fingerprint density at radius 3 is 2.64 bits per heavy atom. The van der Waals surface area contributed by atoms with Gasteiger partial charge in [0.25, 0.3) is 0 Å². The first-order chi connectivity index (χ1) is 10.8. The zero-order valence-electron chi connectivity index (χ0n) is 12.6. The van der Waals surface area contributed by atoms with Gasteiger partial charge in [-0.15, -0.1) is 0 Å². The van der Waals surface area contributed by atoms with Gasteiger partial charge in [0.2, 0.25) is 0 Å². The van der Waals surface area contributed by atoms with E-state index in [2.05, 4.69) is 25.3 Å². The van der Waals surface area contributed by atoms with Crippen LogP contribution in [-0.2, 0) is 6.42 Å². The van der Waals surface area contributed by atoms with E-state index in [0.717, 1.165) is 44.0 Å². The number of nitrogens with zero attached hydrogens (tertiary/aromatic N) is 4. The van der Waals surface area contributed by atoms with Crippen molar-refractivity contribution in [3.8, 4) is 0 Å². The number of carbonyl (C=O) groups excluding carboxylic acids is 1. The molecule has 0 radical (unpaired) electrons. The summed E-state index contributed by atoms with van der Waals surface area (Å²) in [6, 6.07) is -0.0919. The maximum atomic E-state index is 12.3. The molecule has 0 spiro atoms. The molecule has 7 nitrogen and oxygen atoms in total. The molecule has 116 valence electrons. The molecule has 7 heteroatoms. The van der Waals surface area contributed by atoms with Crippen LogP contribution in [0.25, 0.3) is 0 Å². The first-order valence-corrected chi connectivity index (χ1v) is 7.62. The van der Waals surface area contributed by atoms with Crippen LogP contribution < -0.4 is 5.32 Å². The predicted octanol–water partition coefficient (Wildman–Crippen LogP) is 2.17. The summed E-state index contributed by atoms with van der Waals surface area (Å²) >= 11 is 0. The number of piperidine rings is 1. The Morgan fingerprint density at radius 1 is 1.32 bits per heavy atom. The fourth-order valence-corrected chi connectivity index (χ4v) is 2.66. The van der Waals surface area contributed by atoms with Gasteiger partial charge in [-0.3, -0.25) is 0 Å². The number of rotatable bonds is 3. The minimum Gasteiger partial charge on any atom is -0.348 e. The molecule has 0 saturated carbocycles. The number of aromatic nitrogens is 4. The molecule has 0 unspecified atom stereocenters. The third-order valence-corrected chi connectivity index (χ3v) is 3.96. The molecule has 3 heterocycles. The van der Waals surface area contributed by atoms with Gasteiger partial charge in [0, 0.05) is 37.8 Å². The number of aromatic amines is 1. The summed E-state index contributed by atoms with van der Waals surface area (Å²) in [7, 11) is 0. The molecule has 2 N–H and O–H groups in total. The number of nitrogens with one attached hydrogen (secondary N) is 2. The third kappa shape index (κ3) is 3.24. The number of likely N-dealkylation sites (tertiary alicyclic amines) is 1. The molecule has 2 aromatic heterocycles. The first-order valence-electron chi connectivity index (χ1n) is 7.62. The highest BCUT2D eigenvalue weighted by Gasteiger charge is 2.25. The van der Waals surface area contributed by atoms with Crippen LogP contribution in [0.4, 0.5) is 10.5 Å². The van der Waals surface area contributed by atoms with E-state index < -0.39 is 0 Å². The Bertz CT molecular complexity index is 601. The van der Waals surface area contributed by atoms with Crippen LogP contribution in [-0.4, -0.2) is 44.0 Å². The van der Waals surface area contributed by atoms with Crippen LogP contribution in [0.5, 0.6) is 0 Å². The van der Waals surface area contributed by atoms with Gasteiger partial charge in [0.05, 0.1) is 18.1 Å². The number of amides is 2. The molecular formula is C15H20N6O. The zero-order valence-corrected chi connectivity index (χ0v) is 12.6. The summed E-state index contributed by atoms with van der Waals surface area (Å²) in [5, 5.41) is 2.85. The maximum Gasteiger partial charge on any atom is 0.321 e. The van der Waals surface area contributed by atoms with Crippen LogP contribution in [0.2, 0.25) is 0 Å². The second-order valence-electron chi connectivity index (χ2n) is 5.41. The summed E-state index contributed by atoms with van der Waals surface area (Å²) < 4.78 is 0. The van der Waals surface area contributed by atoms with E-state index in [4.69, 9.17) is 0 Å². The van der Waals surface area contributed by atoms with Gasteiger partial charge in [-0.1, -0.05) is 6.92 Å². The van der Waals surface area contributed by atoms with E-state index in [0.29, 0.717) is 11.6 Å². The fraction of sp³-hybridized carbons (Fsp3) is 0.467. The fourth-order valence-electron chi connectivity index (χ4n) is 2.66. The van der Waals surface area contributed by atoms with Crippen LogP contribution in [0.1, 0.15) is 37.3 Å². The molecule has 1 fully saturated rings. The minimum absolute atomic E-state index is 0.0919. The number of urea groups is 1. The van der Waals surface area contributed by atoms with Crippen LogP contribution in [0.15, 0.2) is 24.8 Å². The summed E-state index contributed by atoms with van der Waals surface area (Å²) in [5.74, 6) is 2.20. The average Bonchev–Trinajstić information content (AvgIpc) is 3.10. The molecule has 1 saturated heterocycles. The van der Waals surface area contributed by atoms with Crippen molar-refractivity contribution in [1.29, 1.82) is 0 Å². The quantitative estimate of drug-likeness (QED) is 0.909. The predicted molar refractivity (Wildman–Crippen MR) is 82.6 cm³/mol. The van der Waals surface area contributed by atoms with Gasteiger partial charge in [-0.25, -0.2) is 19.7 Å². The molecule has 2 amide bonds. The smallest absolute Gasteiger partial charge is 0.321 e. The normalized spacial score (nSPS) is 15.8. The van der Waals surface area contributed by atoms with Crippen molar-refractivity contribution in [3.05, 3.63) is 36.4 Å². The van der Waals surface area contributed by atoms with E-state index in [1.54, 1.807) is 18.6 Å². The molecule has 0 aromatic carbocycles. The topological polar surface area (TPSA) is 86.8 Å². The van der Waals surface area contributed by atoms with Crippen molar-refractivity contribution in [2.75, 3.05) is 18.4 Å². The first kappa shape index (κ1) is 14.5. The van der Waals surface area contributed by atoms with E-state index in [1.165, 1.54) is 0 Å². The molecule has 22 heavy (non-hydrogen) atoms. The molecule has 1 aliphatic rings. The summed E-state index contributed by atoms with van der Waals surface area (Å²) in [5.41, 5.74) is 0.635. The Balaban J connectivity index is 1.53. The number of carbonyl (C=O) groups is 1. The van der Waals surface area contributed by atoms with Crippen molar-refractivity contribution in [3.63, 3.8) is 0 Å². The largest absolute Gasteiger partial charge is 0.348 e. The highest BCUT2D eigenvalue weighted by molar-refractivity contribution is 5.89. The molecule has 2 aromatic rings. The lowest BCUT2D eigenvalue weighted by Gasteiger charge is -2.31. The molecule has 1 aliphatic heterocycles. The monoisotopic (exact) mass is 300 g/mol. The number of imidazole rings is 1. The highest BCUT2D eigenvalue weighted by atomic mass is 16.2. The minimum atomic E-state index is -0.0919. The van der Waals surface area contributed by atoms with Gasteiger partial charge in [-0.05, 0) is 12.8 Å². The SMILES string of the molecule is CCc1ncc(NC(=O)N2CCC(c3ncc[nH]3)CC2)cn1. The molecular weight excluding hydrogens is 280 g/mol. The van der Waals surface area contributed by atoms with Crippen molar-refractivity contribution in [2.45, 2.75) is 32.1 Å². The Hall–Kier alpha value is -2.44. The van der Waals surface area contributed by atoms with E-state index in [1.807, 2.05) is 18.0 Å². The maximum absolute atomic E-state index is 12.3. The number of anilines is 1. The van der Waals surface area contributed by atoms with E-state index in [-0.39, 0.29) is 6.03 Å². The molecule has 0 aliphatic carbocycles. The average molecular weight is 300 g/mol. The third-order valence-electron chi connectivity index (χ3n) is 3.96. The van der Waals surface area contributed by atoms with Gasteiger partial charge in [0.15, 0.2) is 0 Å². The van der Waals surface area contributed by atoms with Crippen LogP contribution in [0.3, 0.4) is 0 Å². The van der Waals surface area contributed by atoms with Gasteiger partial charge in [0.1, 0.15) is 11.6 Å². The number of H-pyrrole nitrogens is 1. The molecule has 3 rings (SSSR count). The molecule has 0 bridgehead atoms. The Kier molecular flexibility index (Phi) is 4.32. The number of aryl methyl sites for hydroxylation is 1. The summed E-state index contributed by atoms with van der Waals surface area (Å²) in [4.78, 5) is 29.9. The van der Waals surface area contributed by atoms with Crippen LogP contribution in [0, 0.1) is 0 Å². The van der Waals surface area contributed by atoms with Gasteiger partial charge in [-0.2, -0.15) is 0 Å². The van der Waals surface area contributed by atoms with E-state index >= 15 is 0 Å². The summed E-state index contributed by atoms with van der Waals surface area (Å²) in [6.45, 7) is 3.45. The summed E-state index contributed by atoms with van der Waals surface area (Å²) in [6.07, 6.45) is 9.55.